The van der Waals surface area contributed by atoms with Gasteiger partial charge in [0.25, 0.3) is 10.0 Å². The van der Waals surface area contributed by atoms with Crippen LogP contribution in [-0.2, 0) is 25.7 Å². The van der Waals surface area contributed by atoms with Crippen molar-refractivity contribution in [3.05, 3.63) is 58.6 Å². The summed E-state index contributed by atoms with van der Waals surface area (Å²) in [6, 6.07) is 7.34. The van der Waals surface area contributed by atoms with Gasteiger partial charge in [0.1, 0.15) is 0 Å². The lowest BCUT2D eigenvalue weighted by Crippen LogP contribution is -2.14. The smallest absolute Gasteiger partial charge is 0.416 e. The van der Waals surface area contributed by atoms with Gasteiger partial charge in [0.05, 0.1) is 35.2 Å². The van der Waals surface area contributed by atoms with Crippen LogP contribution >= 0.6 is 11.6 Å². The fraction of sp³-hybridized carbons (Fsp3) is 0.211. The zero-order chi connectivity index (χ0) is 21.7. The first-order valence-corrected chi connectivity index (χ1v) is 9.94. The van der Waals surface area contributed by atoms with Crippen molar-refractivity contribution in [1.29, 1.82) is 0 Å². The third-order valence-corrected chi connectivity index (χ3v) is 5.24. The number of alkyl halides is 3. The Morgan fingerprint density at radius 3 is 2.41 bits per heavy atom. The molecule has 0 aromatic heterocycles. The molecule has 5 nitrogen and oxygen atoms in total. The number of halogens is 4. The monoisotopic (exact) mass is 445 g/mol. The molecule has 2 aromatic carbocycles. The Balaban J connectivity index is 2.26. The predicted molar refractivity (Wildman–Crippen MR) is 102 cm³/mol. The van der Waals surface area contributed by atoms with Gasteiger partial charge < -0.3 is 4.74 Å². The summed E-state index contributed by atoms with van der Waals surface area (Å²) in [6.45, 7) is 0. The molecule has 0 fully saturated rings. The van der Waals surface area contributed by atoms with Gasteiger partial charge in [-0.05, 0) is 42.5 Å². The van der Waals surface area contributed by atoms with Gasteiger partial charge in [0.15, 0.2) is 0 Å². The Bertz CT molecular complexity index is 1060. The molecule has 0 aliphatic rings. The van der Waals surface area contributed by atoms with Gasteiger partial charge in [-0.3, -0.25) is 9.52 Å². The molecule has 1 N–H and O–H groups in total. The molecule has 0 amide bonds. The molecule has 10 heteroatoms. The van der Waals surface area contributed by atoms with Crippen LogP contribution in [0.2, 0.25) is 5.02 Å². The van der Waals surface area contributed by atoms with Gasteiger partial charge in [0, 0.05) is 11.4 Å². The third kappa shape index (κ3) is 6.41. The van der Waals surface area contributed by atoms with Crippen molar-refractivity contribution in [2.75, 3.05) is 11.8 Å². The first-order valence-electron chi connectivity index (χ1n) is 8.08. The van der Waals surface area contributed by atoms with E-state index in [2.05, 4.69) is 21.3 Å². The standard InChI is InChI=1S/C19H15ClF3NO4S/c1-28-18(25)5-3-2-4-13-12-15(20)8-11-17(13)24-29(26,27)16-9-6-14(7-10-16)19(21,22)23/h6-12,24H,3,5H2,1H3. The molecule has 2 rings (SSSR count). The highest BCUT2D eigenvalue weighted by molar-refractivity contribution is 7.92. The summed E-state index contributed by atoms with van der Waals surface area (Å²) in [6.07, 6.45) is -4.32. The average Bonchev–Trinajstić information content (AvgIpc) is 2.66. The lowest BCUT2D eigenvalue weighted by Gasteiger charge is -2.11. The van der Waals surface area contributed by atoms with E-state index in [4.69, 9.17) is 11.6 Å². The number of nitrogens with one attached hydrogen (secondary N) is 1. The third-order valence-electron chi connectivity index (χ3n) is 3.62. The molecule has 0 spiro atoms. The second-order valence-electron chi connectivity index (χ2n) is 5.70. The molecule has 0 unspecified atom stereocenters. The molecule has 0 aliphatic heterocycles. The highest BCUT2D eigenvalue weighted by atomic mass is 35.5. The van der Waals surface area contributed by atoms with Crippen LogP contribution in [0, 0.1) is 11.8 Å². The SMILES string of the molecule is COC(=O)CCC#Cc1cc(Cl)ccc1NS(=O)(=O)c1ccc(C(F)(F)F)cc1. The van der Waals surface area contributed by atoms with Crippen LogP contribution in [0.25, 0.3) is 0 Å². The topological polar surface area (TPSA) is 72.5 Å². The lowest BCUT2D eigenvalue weighted by atomic mass is 10.2. The number of carbonyl (C=O) groups is 1. The Morgan fingerprint density at radius 1 is 1.17 bits per heavy atom. The number of methoxy groups -OCH3 is 1. The van der Waals surface area contributed by atoms with Crippen molar-refractivity contribution in [3.8, 4) is 11.8 Å². The Labute approximate surface area is 170 Å². The normalized spacial score (nSPS) is 11.3. The van der Waals surface area contributed by atoms with Crippen molar-refractivity contribution in [2.24, 2.45) is 0 Å². The van der Waals surface area contributed by atoms with Crippen LogP contribution in [0.15, 0.2) is 47.4 Å². The molecule has 0 saturated carbocycles. The van der Waals surface area contributed by atoms with Gasteiger partial charge in [-0.15, -0.1) is 0 Å². The first-order chi connectivity index (χ1) is 13.5. The molecule has 0 bridgehead atoms. The summed E-state index contributed by atoms with van der Waals surface area (Å²) in [5.74, 6) is 5.00. The minimum Gasteiger partial charge on any atom is -0.469 e. The molecule has 154 valence electrons. The zero-order valence-corrected chi connectivity index (χ0v) is 16.6. The average molecular weight is 446 g/mol. The largest absolute Gasteiger partial charge is 0.469 e. The van der Waals surface area contributed by atoms with Gasteiger partial charge in [-0.1, -0.05) is 23.4 Å². The van der Waals surface area contributed by atoms with E-state index >= 15 is 0 Å². The minimum absolute atomic E-state index is 0.0662. The number of rotatable bonds is 5. The maximum Gasteiger partial charge on any atom is 0.416 e. The summed E-state index contributed by atoms with van der Waals surface area (Å²) < 4.78 is 69.8. The molecular weight excluding hydrogens is 431 g/mol. The van der Waals surface area contributed by atoms with Crippen molar-refractivity contribution in [1.82, 2.24) is 0 Å². The fourth-order valence-electron chi connectivity index (χ4n) is 2.16. The van der Waals surface area contributed by atoms with E-state index in [-0.39, 0.29) is 29.0 Å². The number of esters is 1. The quantitative estimate of drug-likeness (QED) is 0.544. The Kier molecular flexibility index (Phi) is 7.16. The molecular formula is C19H15ClF3NO4S. The van der Waals surface area contributed by atoms with Crippen molar-refractivity contribution < 1.29 is 31.1 Å². The van der Waals surface area contributed by atoms with Gasteiger partial charge in [-0.25, -0.2) is 8.42 Å². The summed E-state index contributed by atoms with van der Waals surface area (Å²) >= 11 is 5.93. The first kappa shape index (κ1) is 22.6. The van der Waals surface area contributed by atoms with Crippen molar-refractivity contribution in [3.63, 3.8) is 0 Å². The fourth-order valence-corrected chi connectivity index (χ4v) is 3.41. The number of hydrogen-bond donors (Lipinski definition) is 1. The zero-order valence-electron chi connectivity index (χ0n) is 15.0. The van der Waals surface area contributed by atoms with Crippen molar-refractivity contribution >= 4 is 33.3 Å². The summed E-state index contributed by atoms with van der Waals surface area (Å²) in [4.78, 5) is 10.8. The van der Waals surface area contributed by atoms with E-state index < -0.39 is 27.7 Å². The minimum atomic E-state index is -4.57. The van der Waals surface area contributed by atoms with Crippen LogP contribution in [0.1, 0.15) is 24.0 Å². The number of anilines is 1. The highest BCUT2D eigenvalue weighted by Gasteiger charge is 2.30. The number of hydrogen-bond acceptors (Lipinski definition) is 4. The number of ether oxygens (including phenoxy) is 1. The molecule has 0 heterocycles. The van der Waals surface area contributed by atoms with Crippen molar-refractivity contribution in [2.45, 2.75) is 23.9 Å². The maximum atomic E-state index is 12.7. The van der Waals surface area contributed by atoms with E-state index in [1.54, 1.807) is 0 Å². The van der Waals surface area contributed by atoms with E-state index in [9.17, 15) is 26.4 Å². The van der Waals surface area contributed by atoms with Crippen LogP contribution in [0.5, 0.6) is 0 Å². The molecule has 0 saturated heterocycles. The van der Waals surface area contributed by atoms with Gasteiger partial charge >= 0.3 is 12.1 Å². The van der Waals surface area contributed by atoms with Gasteiger partial charge in [-0.2, -0.15) is 13.2 Å². The van der Waals surface area contributed by atoms with Gasteiger partial charge in [0.2, 0.25) is 0 Å². The molecule has 0 atom stereocenters. The molecule has 0 aliphatic carbocycles. The number of benzene rings is 2. The van der Waals surface area contributed by atoms with E-state index in [0.29, 0.717) is 17.2 Å². The summed E-state index contributed by atoms with van der Waals surface area (Å²) in [5.41, 5.74) is -0.613. The maximum absolute atomic E-state index is 12.7. The summed E-state index contributed by atoms with van der Waals surface area (Å²) in [7, 11) is -2.91. The van der Waals surface area contributed by atoms with Crippen LogP contribution < -0.4 is 4.72 Å². The second kappa shape index (κ2) is 9.20. The Morgan fingerprint density at radius 2 is 1.83 bits per heavy atom. The van der Waals surface area contributed by atoms with Crippen LogP contribution in [0.4, 0.5) is 18.9 Å². The Hall–Kier alpha value is -2.70. The molecule has 2 aromatic rings. The predicted octanol–water partition coefficient (Wildman–Crippen LogP) is 4.46. The number of carbonyl (C=O) groups excluding carboxylic acids is 1. The molecule has 0 radical (unpaired) electrons. The van der Waals surface area contributed by atoms with E-state index in [0.717, 1.165) is 12.1 Å². The van der Waals surface area contributed by atoms with E-state index in [1.165, 1.54) is 25.3 Å². The second-order valence-corrected chi connectivity index (χ2v) is 7.81. The van der Waals surface area contributed by atoms with Crippen LogP contribution in [-0.4, -0.2) is 21.5 Å². The molecule has 29 heavy (non-hydrogen) atoms. The number of sulfonamides is 1. The lowest BCUT2D eigenvalue weighted by molar-refractivity contribution is -0.140. The highest BCUT2D eigenvalue weighted by Crippen LogP contribution is 2.30. The van der Waals surface area contributed by atoms with E-state index in [1.807, 2.05) is 0 Å². The summed E-state index contributed by atoms with van der Waals surface area (Å²) in [5, 5.41) is 0.305. The van der Waals surface area contributed by atoms with Crippen LogP contribution in [0.3, 0.4) is 0 Å².